The van der Waals surface area contributed by atoms with Crippen molar-refractivity contribution in [2.45, 2.75) is 39.9 Å². The van der Waals surface area contributed by atoms with Crippen molar-refractivity contribution in [2.24, 2.45) is 0 Å². The lowest BCUT2D eigenvalue weighted by Gasteiger charge is -2.18. The maximum absolute atomic E-state index is 12.1. The van der Waals surface area contributed by atoms with Crippen LogP contribution in [0, 0.1) is 10.1 Å². The first-order chi connectivity index (χ1) is 11.2. The second kappa shape index (κ2) is 8.87. The van der Waals surface area contributed by atoms with Crippen molar-refractivity contribution >= 4 is 29.6 Å². The molecule has 0 atom stereocenters. The summed E-state index contributed by atoms with van der Waals surface area (Å²) in [5, 5.41) is 15.2. The molecule has 0 radical (unpaired) electrons. The summed E-state index contributed by atoms with van der Waals surface area (Å²) < 4.78 is 9.80. The third-order valence-electron chi connectivity index (χ3n) is 2.32. The van der Waals surface area contributed by atoms with Gasteiger partial charge in [0.1, 0.15) is 6.10 Å². The molecule has 1 rings (SSSR count). The molecule has 0 saturated carbocycles. The van der Waals surface area contributed by atoms with Crippen LogP contribution in [0.25, 0.3) is 6.08 Å². The van der Waals surface area contributed by atoms with Gasteiger partial charge in [0.25, 0.3) is 0 Å². The van der Waals surface area contributed by atoms with E-state index < -0.39 is 35.1 Å². The van der Waals surface area contributed by atoms with Crippen molar-refractivity contribution in [3.8, 4) is 0 Å². The number of nitrogens with one attached hydrogen (secondary N) is 1. The standard InChI is InChI=1S/C14H19N3O6S/c1-9(2)22-13(18)15-16(14(19)23-10(3)4)12(17(20)21)7-11-5-6-24-8-11/h5-10H,1-4H3,(H,15,18)/b12-7-. The molecule has 2 amide bonds. The zero-order valence-corrected chi connectivity index (χ0v) is 14.5. The fourth-order valence-corrected chi connectivity index (χ4v) is 2.11. The Balaban J connectivity index is 3.14. The van der Waals surface area contributed by atoms with Gasteiger partial charge in [-0.2, -0.15) is 16.1 Å². The Labute approximate surface area is 143 Å². The summed E-state index contributed by atoms with van der Waals surface area (Å²) in [4.78, 5) is 34.5. The van der Waals surface area contributed by atoms with Crippen molar-refractivity contribution in [2.75, 3.05) is 0 Å². The first-order valence-electron chi connectivity index (χ1n) is 7.07. The largest absolute Gasteiger partial charge is 0.532 e. The van der Waals surface area contributed by atoms with Crippen LogP contribution < -0.4 is 5.43 Å². The summed E-state index contributed by atoms with van der Waals surface area (Å²) in [6.45, 7) is 6.37. The van der Waals surface area contributed by atoms with Crippen LogP contribution in [0.1, 0.15) is 33.3 Å². The van der Waals surface area contributed by atoms with Crippen LogP contribution in [0.15, 0.2) is 22.6 Å². The molecular weight excluding hydrogens is 338 g/mol. The van der Waals surface area contributed by atoms with Crippen LogP contribution in [0.3, 0.4) is 0 Å². The normalized spacial score (nSPS) is 11.3. The van der Waals surface area contributed by atoms with E-state index in [1.54, 1.807) is 44.5 Å². The number of carbonyl (C=O) groups excluding carboxylic acids is 2. The lowest BCUT2D eigenvalue weighted by molar-refractivity contribution is -0.443. The highest BCUT2D eigenvalue weighted by Gasteiger charge is 2.35. The lowest BCUT2D eigenvalue weighted by Crippen LogP contribution is -2.48. The molecule has 0 spiro atoms. The number of hydrogen-bond donors (Lipinski definition) is 1. The number of thiophene rings is 1. The van der Waals surface area contributed by atoms with E-state index in [1.165, 1.54) is 11.3 Å². The highest BCUT2D eigenvalue weighted by atomic mass is 32.1. The highest BCUT2D eigenvalue weighted by Crippen LogP contribution is 2.15. The molecule has 0 aliphatic carbocycles. The third kappa shape index (κ3) is 6.24. The lowest BCUT2D eigenvalue weighted by atomic mass is 10.3. The number of ether oxygens (including phenoxy) is 2. The van der Waals surface area contributed by atoms with Crippen molar-refractivity contribution in [1.82, 2.24) is 10.4 Å². The summed E-state index contributed by atoms with van der Waals surface area (Å²) >= 11 is 1.33. The Bertz CT molecular complexity index is 612. The SMILES string of the molecule is CC(C)OC(=O)NN(C(=O)OC(C)C)/C(=C/c1ccsc1)[N+](=O)[O-]. The Morgan fingerprint density at radius 3 is 2.38 bits per heavy atom. The number of hydrogen-bond acceptors (Lipinski definition) is 7. The van der Waals surface area contributed by atoms with Crippen LogP contribution in [0.5, 0.6) is 0 Å². The second-order valence-electron chi connectivity index (χ2n) is 5.15. The molecule has 0 aliphatic rings. The smallest absolute Gasteiger partial charge is 0.445 e. The molecule has 0 aromatic carbocycles. The molecule has 0 aliphatic heterocycles. The van der Waals surface area contributed by atoms with Gasteiger partial charge in [0.15, 0.2) is 0 Å². The first-order valence-corrected chi connectivity index (χ1v) is 8.01. The maximum atomic E-state index is 12.1. The Morgan fingerprint density at radius 1 is 1.29 bits per heavy atom. The summed E-state index contributed by atoms with van der Waals surface area (Å²) in [6.07, 6.45) is -1.95. The molecule has 10 heteroatoms. The first kappa shape index (κ1) is 19.4. The second-order valence-corrected chi connectivity index (χ2v) is 5.93. The van der Waals surface area contributed by atoms with E-state index in [2.05, 4.69) is 0 Å². The van der Waals surface area contributed by atoms with Crippen LogP contribution >= 0.6 is 11.3 Å². The zero-order valence-electron chi connectivity index (χ0n) is 13.7. The number of amides is 2. The van der Waals surface area contributed by atoms with Gasteiger partial charge < -0.3 is 19.6 Å². The van der Waals surface area contributed by atoms with Gasteiger partial charge in [-0.3, -0.25) is 0 Å². The average Bonchev–Trinajstić information content (AvgIpc) is 2.93. The molecular formula is C14H19N3O6S. The number of carbonyl (C=O) groups is 2. The monoisotopic (exact) mass is 357 g/mol. The maximum Gasteiger partial charge on any atom is 0.532 e. The van der Waals surface area contributed by atoms with Gasteiger partial charge in [-0.05, 0) is 60.0 Å². The summed E-state index contributed by atoms with van der Waals surface area (Å²) in [6, 6.07) is 1.63. The molecule has 24 heavy (non-hydrogen) atoms. The van der Waals surface area contributed by atoms with Gasteiger partial charge in [-0.1, -0.05) is 0 Å². The number of rotatable bonds is 5. The predicted octanol–water partition coefficient (Wildman–Crippen LogP) is 3.22. The zero-order chi connectivity index (χ0) is 18.3. The van der Waals surface area contributed by atoms with Crippen molar-refractivity contribution in [1.29, 1.82) is 0 Å². The van der Waals surface area contributed by atoms with Gasteiger partial charge in [0.05, 0.1) is 6.10 Å². The van der Waals surface area contributed by atoms with E-state index in [4.69, 9.17) is 9.47 Å². The number of nitrogens with zero attached hydrogens (tertiary/aromatic N) is 2. The fourth-order valence-electron chi connectivity index (χ4n) is 1.49. The van der Waals surface area contributed by atoms with Crippen LogP contribution in [0.4, 0.5) is 9.59 Å². The summed E-state index contributed by atoms with van der Waals surface area (Å²) in [5.74, 6) is -0.667. The molecule has 1 aromatic rings. The average molecular weight is 357 g/mol. The van der Waals surface area contributed by atoms with Gasteiger partial charge >= 0.3 is 18.0 Å². The number of hydrazine groups is 1. The van der Waals surface area contributed by atoms with E-state index in [-0.39, 0.29) is 0 Å². The molecule has 0 fully saturated rings. The van der Waals surface area contributed by atoms with Crippen LogP contribution in [0.2, 0.25) is 0 Å². The van der Waals surface area contributed by atoms with E-state index in [0.29, 0.717) is 10.6 Å². The van der Waals surface area contributed by atoms with E-state index in [0.717, 1.165) is 6.08 Å². The Kier molecular flexibility index (Phi) is 7.18. The van der Waals surface area contributed by atoms with Crippen LogP contribution in [-0.4, -0.2) is 34.3 Å². The fraction of sp³-hybridized carbons (Fsp3) is 0.429. The number of nitro groups is 1. The molecule has 0 unspecified atom stereocenters. The minimum Gasteiger partial charge on any atom is -0.445 e. The topological polar surface area (TPSA) is 111 Å². The molecule has 1 N–H and O–H groups in total. The minimum atomic E-state index is -1.09. The quantitative estimate of drug-likeness (QED) is 0.640. The van der Waals surface area contributed by atoms with Crippen molar-refractivity contribution in [3.05, 3.63) is 38.3 Å². The summed E-state index contributed by atoms with van der Waals surface area (Å²) in [7, 11) is 0. The molecule has 1 heterocycles. The molecule has 132 valence electrons. The third-order valence-corrected chi connectivity index (χ3v) is 3.02. The minimum absolute atomic E-state index is 0.419. The van der Waals surface area contributed by atoms with E-state index >= 15 is 0 Å². The molecule has 1 aromatic heterocycles. The van der Waals surface area contributed by atoms with Crippen molar-refractivity contribution < 1.29 is 24.0 Å². The predicted molar refractivity (Wildman–Crippen MR) is 87.5 cm³/mol. The molecule has 9 nitrogen and oxygen atoms in total. The molecule has 0 bridgehead atoms. The Hall–Kier alpha value is -2.62. The summed E-state index contributed by atoms with van der Waals surface area (Å²) in [5.41, 5.74) is 2.55. The van der Waals surface area contributed by atoms with Gasteiger partial charge in [0.2, 0.25) is 0 Å². The molecule has 0 saturated heterocycles. The van der Waals surface area contributed by atoms with Gasteiger partial charge in [-0.25, -0.2) is 4.79 Å². The Morgan fingerprint density at radius 2 is 1.92 bits per heavy atom. The highest BCUT2D eigenvalue weighted by molar-refractivity contribution is 7.08. The van der Waals surface area contributed by atoms with E-state index in [9.17, 15) is 19.7 Å². The van der Waals surface area contributed by atoms with E-state index in [1.807, 2.05) is 5.43 Å². The van der Waals surface area contributed by atoms with Crippen LogP contribution in [-0.2, 0) is 9.47 Å². The van der Waals surface area contributed by atoms with Gasteiger partial charge in [0, 0.05) is 6.08 Å². The van der Waals surface area contributed by atoms with Gasteiger partial charge in [-0.15, -0.1) is 5.43 Å². The van der Waals surface area contributed by atoms with Crippen molar-refractivity contribution in [3.63, 3.8) is 0 Å².